The van der Waals surface area contributed by atoms with E-state index < -0.39 is 7.37 Å². The van der Waals surface area contributed by atoms with E-state index in [2.05, 4.69) is 8.94 Å². The van der Waals surface area contributed by atoms with Crippen LogP contribution in [0, 0.1) is 0 Å². The molecule has 0 spiro atoms. The molecule has 1 unspecified atom stereocenters. The summed E-state index contributed by atoms with van der Waals surface area (Å²) in [6, 6.07) is 7.78. The topological polar surface area (TPSA) is 26.3 Å². The van der Waals surface area contributed by atoms with Gasteiger partial charge in [-0.25, -0.2) is 0 Å². The van der Waals surface area contributed by atoms with Crippen LogP contribution in [0.1, 0.15) is 12.5 Å². The number of rotatable bonds is 2. The molecule has 2 rings (SSSR count). The fourth-order valence-electron chi connectivity index (χ4n) is 1.93. The van der Waals surface area contributed by atoms with E-state index in [4.69, 9.17) is 4.52 Å². The summed E-state index contributed by atoms with van der Waals surface area (Å²) in [5.74, 6) is 0.730. The van der Waals surface area contributed by atoms with Gasteiger partial charge >= 0.3 is 0 Å². The number of halogens is 1. The van der Waals surface area contributed by atoms with Crippen LogP contribution in [0.2, 0.25) is 0 Å². The highest BCUT2D eigenvalue weighted by Crippen LogP contribution is 2.50. The first-order valence-electron chi connectivity index (χ1n) is 5.62. The minimum absolute atomic E-state index is 0.127. The van der Waals surface area contributed by atoms with E-state index in [1.165, 1.54) is 0 Å². The molecule has 2 nitrogen and oxygen atoms in total. The number of hydrogen-bond donors (Lipinski definition) is 0. The van der Waals surface area contributed by atoms with Crippen molar-refractivity contribution in [3.8, 4) is 0 Å². The summed E-state index contributed by atoms with van der Waals surface area (Å²) in [5, 5.41) is 0.826. The number of allylic oxidation sites excluding steroid dienone is 3. The Bertz CT molecular complexity index is 600. The second kappa shape index (κ2) is 5.54. The van der Waals surface area contributed by atoms with Gasteiger partial charge in [0.15, 0.2) is 0 Å². The van der Waals surface area contributed by atoms with Gasteiger partial charge in [0.1, 0.15) is 5.76 Å². The molecular weight excluding hydrogens is 358 g/mol. The zero-order valence-corrected chi connectivity index (χ0v) is 13.7. The molecule has 0 N–H and O–H groups in total. The molecular formula is C14H16IO2P. The maximum absolute atomic E-state index is 12.6. The molecule has 4 heteroatoms. The average Bonchev–Trinajstić information content (AvgIpc) is 2.36. The highest BCUT2D eigenvalue weighted by atomic mass is 127. The fraction of sp³-hybridized carbons (Fsp3) is 0.214. The second-order valence-electron chi connectivity index (χ2n) is 4.15. The first-order valence-corrected chi connectivity index (χ1v) is 11.1. The van der Waals surface area contributed by atoms with Crippen LogP contribution in [0.4, 0.5) is 0 Å². The molecule has 1 aliphatic heterocycles. The number of benzene rings is 1. The number of hydrogen-bond acceptors (Lipinski definition) is 2. The van der Waals surface area contributed by atoms with Crippen LogP contribution >= 0.6 is 28.1 Å². The van der Waals surface area contributed by atoms with Gasteiger partial charge in [-0.1, -0.05) is 24.3 Å². The zero-order chi connectivity index (χ0) is 13.2. The van der Waals surface area contributed by atoms with Gasteiger partial charge in [0.05, 0.1) is 5.30 Å². The van der Waals surface area contributed by atoms with Crippen molar-refractivity contribution in [2.75, 3.05) is 11.6 Å². The van der Waals surface area contributed by atoms with Gasteiger partial charge in [0, 0.05) is 6.66 Å². The van der Waals surface area contributed by atoms with E-state index in [-0.39, 0.29) is 20.7 Å². The molecule has 18 heavy (non-hydrogen) atoms. The average molecular weight is 374 g/mol. The number of alkyl halides is 1. The largest absolute Gasteiger partial charge is 0.440 e. The third kappa shape index (κ3) is 2.67. The summed E-state index contributed by atoms with van der Waals surface area (Å²) in [6.45, 7) is 3.70. The molecule has 0 amide bonds. The van der Waals surface area contributed by atoms with Crippen LogP contribution in [0.3, 0.4) is 0 Å². The van der Waals surface area contributed by atoms with Crippen molar-refractivity contribution >= 4 is 43.0 Å². The lowest BCUT2D eigenvalue weighted by Crippen LogP contribution is -2.16. The Balaban J connectivity index is 2.54. The minimum Gasteiger partial charge on any atom is -0.440 e. The van der Waals surface area contributed by atoms with Crippen molar-refractivity contribution in [2.45, 2.75) is 6.92 Å². The summed E-state index contributed by atoms with van der Waals surface area (Å²) in [5.41, 5.74) is 2.10. The molecule has 1 atom stereocenters. The molecule has 0 saturated heterocycles. The summed E-state index contributed by atoms with van der Waals surface area (Å²) in [4.78, 5) is 2.19. The van der Waals surface area contributed by atoms with Crippen molar-refractivity contribution in [2.24, 2.45) is 0 Å². The molecule has 0 fully saturated rings. The molecule has 0 aromatic heterocycles. The summed E-state index contributed by atoms with van der Waals surface area (Å²) < 4.78 is 20.4. The molecule has 1 heterocycles. The van der Waals surface area contributed by atoms with Crippen molar-refractivity contribution < 1.29 is 9.09 Å². The predicted molar refractivity (Wildman–Crippen MR) is 88.4 cm³/mol. The highest BCUT2D eigenvalue weighted by Gasteiger charge is 2.30. The third-order valence-corrected chi connectivity index (χ3v) is 5.78. The van der Waals surface area contributed by atoms with E-state index >= 15 is 0 Å². The van der Waals surface area contributed by atoms with Gasteiger partial charge in [0.2, 0.25) is 0 Å². The molecule has 0 saturated carbocycles. The van der Waals surface area contributed by atoms with Crippen molar-refractivity contribution in [1.82, 2.24) is 0 Å². The Morgan fingerprint density at radius 2 is 2.06 bits per heavy atom. The van der Waals surface area contributed by atoms with Gasteiger partial charge in [-0.05, 0) is 39.1 Å². The van der Waals surface area contributed by atoms with E-state index in [1.54, 1.807) is 6.66 Å². The summed E-state index contributed by atoms with van der Waals surface area (Å²) in [6.07, 6.45) is 3.92. The standard InChI is InChI=1S/C14H16IO2P/c1-11-12-7-4-5-9-14(12)18(3,16)17-13(11)8-6-10-15-2/h4-10H,1-3H3/b8-6-. The Hall–Kier alpha value is -0.670. The lowest BCUT2D eigenvalue weighted by molar-refractivity contribution is 0.430. The first kappa shape index (κ1) is 13.8. The second-order valence-corrected chi connectivity index (χ2v) is 8.47. The smallest absolute Gasteiger partial charge is 0.274 e. The minimum atomic E-state index is -2.73. The quantitative estimate of drug-likeness (QED) is 0.445. The molecule has 1 aromatic rings. The van der Waals surface area contributed by atoms with Gasteiger partial charge in [0.25, 0.3) is 7.37 Å². The zero-order valence-electron chi connectivity index (χ0n) is 10.7. The van der Waals surface area contributed by atoms with Gasteiger partial charge in [-0.2, -0.15) is 0 Å². The van der Waals surface area contributed by atoms with Crippen molar-refractivity contribution in [3.63, 3.8) is 0 Å². The first-order chi connectivity index (χ1) is 8.56. The van der Waals surface area contributed by atoms with Crippen LogP contribution < -0.4 is 5.30 Å². The van der Waals surface area contributed by atoms with Crippen LogP contribution in [0.25, 0.3) is 5.57 Å². The Kier molecular flexibility index (Phi) is 4.23. The molecule has 1 aromatic carbocycles. The fourth-order valence-corrected chi connectivity index (χ4v) is 4.27. The van der Waals surface area contributed by atoms with Crippen LogP contribution in [0.15, 0.2) is 42.2 Å². The van der Waals surface area contributed by atoms with Crippen LogP contribution in [0.5, 0.6) is 0 Å². The Morgan fingerprint density at radius 1 is 1.33 bits per heavy atom. The lowest BCUT2D eigenvalue weighted by atomic mass is 10.1. The van der Waals surface area contributed by atoms with E-state index in [0.29, 0.717) is 0 Å². The highest BCUT2D eigenvalue weighted by molar-refractivity contribution is 14.2. The van der Waals surface area contributed by atoms with Crippen molar-refractivity contribution in [3.05, 3.63) is 47.7 Å². The van der Waals surface area contributed by atoms with E-state index in [1.807, 2.05) is 43.3 Å². The SMILES string of the molecule is CI=C/C=C\C1=C(C)c2ccccc2P(C)(=O)O1. The Labute approximate surface area is 118 Å². The number of fused-ring (bicyclic) bond motifs is 1. The molecule has 0 bridgehead atoms. The molecule has 0 aliphatic carbocycles. The maximum Gasteiger partial charge on any atom is 0.274 e. The van der Waals surface area contributed by atoms with Gasteiger partial charge in [-0.15, -0.1) is 20.7 Å². The lowest BCUT2D eigenvalue weighted by Gasteiger charge is -2.26. The van der Waals surface area contributed by atoms with E-state index in [9.17, 15) is 4.57 Å². The summed E-state index contributed by atoms with van der Waals surface area (Å²) >= 11 is 0.127. The van der Waals surface area contributed by atoms with Crippen LogP contribution in [-0.4, -0.2) is 15.6 Å². The Morgan fingerprint density at radius 3 is 2.78 bits per heavy atom. The summed E-state index contributed by atoms with van der Waals surface area (Å²) in [7, 11) is -2.73. The normalized spacial score (nSPS) is 23.9. The third-order valence-electron chi connectivity index (χ3n) is 2.83. The van der Waals surface area contributed by atoms with Gasteiger partial charge in [-0.3, -0.25) is 4.57 Å². The molecule has 1 aliphatic rings. The molecule has 96 valence electrons. The van der Waals surface area contributed by atoms with Crippen LogP contribution in [-0.2, 0) is 9.09 Å². The van der Waals surface area contributed by atoms with E-state index in [0.717, 1.165) is 22.2 Å². The molecule has 0 radical (unpaired) electrons. The monoisotopic (exact) mass is 374 g/mol. The van der Waals surface area contributed by atoms with Gasteiger partial charge < -0.3 is 4.52 Å². The van der Waals surface area contributed by atoms with Crippen molar-refractivity contribution in [1.29, 1.82) is 0 Å². The predicted octanol–water partition coefficient (Wildman–Crippen LogP) is 3.94. The maximum atomic E-state index is 12.6.